The van der Waals surface area contributed by atoms with E-state index in [1.54, 1.807) is 0 Å². The number of amides is 1. The Kier molecular flexibility index (Phi) is 5.09. The van der Waals surface area contributed by atoms with Crippen LogP contribution in [0.25, 0.3) is 11.4 Å². The van der Waals surface area contributed by atoms with Crippen LogP contribution in [0.1, 0.15) is 46.9 Å². The number of para-hydroxylation sites is 2. The van der Waals surface area contributed by atoms with Gasteiger partial charge in [-0.05, 0) is 31.5 Å². The minimum absolute atomic E-state index is 0.246. The third kappa shape index (κ3) is 3.38. The van der Waals surface area contributed by atoms with Crippen molar-refractivity contribution < 1.29 is 14.3 Å². The average Bonchev–Trinajstić information content (AvgIpc) is 3.31. The molecule has 146 valence electrons. The van der Waals surface area contributed by atoms with Gasteiger partial charge in [-0.25, -0.2) is 4.98 Å². The Labute approximate surface area is 167 Å². The SMILES string of the molecule is CCCCn1c(-c2csc(C3COc4ccccc4O3)n2)cc(C(N)=O)c1C. The lowest BCUT2D eigenvalue weighted by Gasteiger charge is -2.24. The largest absolute Gasteiger partial charge is 0.485 e. The van der Waals surface area contributed by atoms with Gasteiger partial charge in [0.25, 0.3) is 5.91 Å². The second kappa shape index (κ2) is 7.67. The Hall–Kier alpha value is -2.80. The van der Waals surface area contributed by atoms with Gasteiger partial charge in [0.15, 0.2) is 17.6 Å². The zero-order valence-electron chi connectivity index (χ0n) is 16.0. The van der Waals surface area contributed by atoms with E-state index in [2.05, 4.69) is 11.5 Å². The standard InChI is InChI=1S/C21H23N3O3S/c1-3-4-9-24-13(2)14(20(22)25)10-16(24)15-12-28-21(23-15)19-11-26-17-7-5-6-8-18(17)27-19/h5-8,10,12,19H,3-4,9,11H2,1-2H3,(H2,22,25). The fourth-order valence-electron chi connectivity index (χ4n) is 3.41. The number of nitrogens with two attached hydrogens (primary N) is 1. The Bertz CT molecular complexity index is 1010. The van der Waals surface area contributed by atoms with Crippen LogP contribution in [0.15, 0.2) is 35.7 Å². The van der Waals surface area contributed by atoms with Crippen LogP contribution < -0.4 is 15.2 Å². The number of hydrogen-bond donors (Lipinski definition) is 1. The number of carbonyl (C=O) groups excluding carboxylic acids is 1. The van der Waals surface area contributed by atoms with E-state index in [4.69, 9.17) is 20.2 Å². The van der Waals surface area contributed by atoms with Crippen LogP contribution in [0.4, 0.5) is 0 Å². The molecule has 0 spiro atoms. The molecule has 1 unspecified atom stereocenters. The molecular weight excluding hydrogens is 374 g/mol. The van der Waals surface area contributed by atoms with Crippen molar-refractivity contribution in [3.63, 3.8) is 0 Å². The van der Waals surface area contributed by atoms with Gasteiger partial charge in [0, 0.05) is 17.6 Å². The molecule has 2 aromatic heterocycles. The van der Waals surface area contributed by atoms with Crippen molar-refractivity contribution in [2.24, 2.45) is 5.73 Å². The van der Waals surface area contributed by atoms with E-state index < -0.39 is 5.91 Å². The highest BCUT2D eigenvalue weighted by atomic mass is 32.1. The zero-order valence-corrected chi connectivity index (χ0v) is 16.8. The smallest absolute Gasteiger partial charge is 0.250 e. The maximum Gasteiger partial charge on any atom is 0.250 e. The third-order valence-electron chi connectivity index (χ3n) is 4.94. The molecule has 2 N–H and O–H groups in total. The molecule has 3 aromatic rings. The van der Waals surface area contributed by atoms with Crippen LogP contribution >= 0.6 is 11.3 Å². The summed E-state index contributed by atoms with van der Waals surface area (Å²) in [6.07, 6.45) is 1.84. The topological polar surface area (TPSA) is 79.4 Å². The van der Waals surface area contributed by atoms with Crippen molar-refractivity contribution in [3.8, 4) is 22.9 Å². The minimum Gasteiger partial charge on any atom is -0.485 e. The Morgan fingerprint density at radius 1 is 1.36 bits per heavy atom. The van der Waals surface area contributed by atoms with Crippen molar-refractivity contribution in [2.45, 2.75) is 39.3 Å². The molecule has 0 saturated heterocycles. The Morgan fingerprint density at radius 2 is 2.14 bits per heavy atom. The normalized spacial score (nSPS) is 15.6. The highest BCUT2D eigenvalue weighted by Gasteiger charge is 2.26. The quantitative estimate of drug-likeness (QED) is 0.671. The Balaban J connectivity index is 1.64. The van der Waals surface area contributed by atoms with Gasteiger partial charge < -0.3 is 19.8 Å². The predicted molar refractivity (Wildman–Crippen MR) is 109 cm³/mol. The van der Waals surface area contributed by atoms with E-state index in [0.29, 0.717) is 12.2 Å². The lowest BCUT2D eigenvalue weighted by Crippen LogP contribution is -2.21. The molecule has 1 aliphatic heterocycles. The maximum atomic E-state index is 11.8. The van der Waals surface area contributed by atoms with Crippen LogP contribution in [0.5, 0.6) is 11.5 Å². The molecule has 4 rings (SSSR count). The first-order chi connectivity index (χ1) is 13.6. The molecule has 3 heterocycles. The van der Waals surface area contributed by atoms with E-state index in [9.17, 15) is 4.79 Å². The zero-order chi connectivity index (χ0) is 19.7. The third-order valence-corrected chi connectivity index (χ3v) is 5.87. The van der Waals surface area contributed by atoms with Crippen molar-refractivity contribution in [3.05, 3.63) is 52.0 Å². The second-order valence-corrected chi connectivity index (χ2v) is 7.72. The van der Waals surface area contributed by atoms with Crippen LogP contribution in [-0.4, -0.2) is 22.1 Å². The summed E-state index contributed by atoms with van der Waals surface area (Å²) in [5, 5.41) is 2.85. The summed E-state index contributed by atoms with van der Waals surface area (Å²) in [5.41, 5.74) is 8.74. The fraction of sp³-hybridized carbons (Fsp3) is 0.333. The summed E-state index contributed by atoms with van der Waals surface area (Å²) >= 11 is 1.54. The number of aromatic nitrogens is 2. The van der Waals surface area contributed by atoms with Gasteiger partial charge in [-0.1, -0.05) is 25.5 Å². The molecule has 1 amide bonds. The van der Waals surface area contributed by atoms with Crippen LogP contribution in [0.2, 0.25) is 0 Å². The van der Waals surface area contributed by atoms with Gasteiger partial charge in [0.05, 0.1) is 17.0 Å². The minimum atomic E-state index is -0.412. The van der Waals surface area contributed by atoms with E-state index in [1.807, 2.05) is 42.6 Å². The molecule has 28 heavy (non-hydrogen) atoms. The molecule has 1 atom stereocenters. The fourth-order valence-corrected chi connectivity index (χ4v) is 4.23. The van der Waals surface area contributed by atoms with E-state index in [-0.39, 0.29) is 6.10 Å². The first-order valence-corrected chi connectivity index (χ1v) is 10.3. The summed E-state index contributed by atoms with van der Waals surface area (Å²) in [6.45, 7) is 5.33. The van der Waals surface area contributed by atoms with Crippen molar-refractivity contribution >= 4 is 17.2 Å². The molecule has 1 aliphatic rings. The van der Waals surface area contributed by atoms with Crippen LogP contribution in [0, 0.1) is 6.92 Å². The number of ether oxygens (including phenoxy) is 2. The number of unbranched alkanes of at least 4 members (excludes halogenated alkanes) is 1. The highest BCUT2D eigenvalue weighted by molar-refractivity contribution is 7.10. The van der Waals surface area contributed by atoms with Gasteiger partial charge in [0.2, 0.25) is 0 Å². The van der Waals surface area contributed by atoms with Gasteiger partial charge in [-0.3, -0.25) is 4.79 Å². The number of fused-ring (bicyclic) bond motifs is 1. The lowest BCUT2D eigenvalue weighted by atomic mass is 10.2. The van der Waals surface area contributed by atoms with Gasteiger partial charge in [0.1, 0.15) is 11.6 Å². The number of carbonyl (C=O) groups is 1. The van der Waals surface area contributed by atoms with Crippen LogP contribution in [0.3, 0.4) is 0 Å². The molecule has 7 heteroatoms. The summed E-state index contributed by atoms with van der Waals surface area (Å²) in [6, 6.07) is 9.49. The monoisotopic (exact) mass is 397 g/mol. The molecule has 6 nitrogen and oxygen atoms in total. The second-order valence-electron chi connectivity index (χ2n) is 6.83. The molecule has 0 radical (unpaired) electrons. The van der Waals surface area contributed by atoms with Gasteiger partial charge in [-0.2, -0.15) is 0 Å². The number of primary amides is 1. The number of nitrogens with zero attached hydrogens (tertiary/aromatic N) is 2. The molecule has 0 aliphatic carbocycles. The van der Waals surface area contributed by atoms with Crippen molar-refractivity contribution in [1.29, 1.82) is 0 Å². The number of hydrogen-bond acceptors (Lipinski definition) is 5. The van der Waals surface area contributed by atoms with Crippen molar-refractivity contribution in [1.82, 2.24) is 9.55 Å². The first-order valence-electron chi connectivity index (χ1n) is 9.42. The summed E-state index contributed by atoms with van der Waals surface area (Å²) in [4.78, 5) is 16.6. The van der Waals surface area contributed by atoms with E-state index in [0.717, 1.165) is 53.0 Å². The average molecular weight is 398 g/mol. The summed E-state index contributed by atoms with van der Waals surface area (Å²) < 4.78 is 14.0. The van der Waals surface area contributed by atoms with E-state index >= 15 is 0 Å². The molecule has 0 saturated carbocycles. The number of thiazole rings is 1. The van der Waals surface area contributed by atoms with E-state index in [1.165, 1.54) is 11.3 Å². The molecule has 0 fully saturated rings. The molecule has 0 bridgehead atoms. The molecule has 1 aromatic carbocycles. The van der Waals surface area contributed by atoms with Gasteiger partial charge in [-0.15, -0.1) is 11.3 Å². The van der Waals surface area contributed by atoms with Crippen molar-refractivity contribution in [2.75, 3.05) is 6.61 Å². The highest BCUT2D eigenvalue weighted by Crippen LogP contribution is 2.38. The predicted octanol–water partition coefficient (Wildman–Crippen LogP) is 4.33. The van der Waals surface area contributed by atoms with Crippen LogP contribution in [-0.2, 0) is 6.54 Å². The summed E-state index contributed by atoms with van der Waals surface area (Å²) in [7, 11) is 0. The summed E-state index contributed by atoms with van der Waals surface area (Å²) in [5.74, 6) is 1.07. The lowest BCUT2D eigenvalue weighted by molar-refractivity contribution is 0.0911. The molecular formula is C21H23N3O3S. The maximum absolute atomic E-state index is 11.8. The number of benzene rings is 1. The van der Waals surface area contributed by atoms with Gasteiger partial charge >= 0.3 is 0 Å². The number of rotatable bonds is 6. The first kappa shape index (κ1) is 18.6. The Morgan fingerprint density at radius 3 is 2.89 bits per heavy atom.